The number of nitrogens with one attached hydrogen (secondary N) is 1. The van der Waals surface area contributed by atoms with Crippen LogP contribution in [0.25, 0.3) is 0 Å². The first-order valence-corrected chi connectivity index (χ1v) is 8.45. The molecule has 1 unspecified atom stereocenters. The Morgan fingerprint density at radius 2 is 1.85 bits per heavy atom. The Kier molecular flexibility index (Phi) is 2.95. The van der Waals surface area contributed by atoms with Gasteiger partial charge >= 0.3 is 0 Å². The van der Waals surface area contributed by atoms with Crippen molar-refractivity contribution in [2.75, 3.05) is 0 Å². The lowest BCUT2D eigenvalue weighted by Gasteiger charge is -2.57. The van der Waals surface area contributed by atoms with Crippen LogP contribution in [0.5, 0.6) is 0 Å². The molecule has 0 aliphatic heterocycles. The number of aryl methyl sites for hydroxylation is 1. The molecule has 5 rings (SSSR count). The smallest absolute Gasteiger partial charge is 0.123 e. The number of nitrogens with two attached hydrogens (primary N) is 1. The van der Waals surface area contributed by atoms with Crippen molar-refractivity contribution in [2.45, 2.75) is 64.3 Å². The predicted octanol–water partition coefficient (Wildman–Crippen LogP) is 3.58. The van der Waals surface area contributed by atoms with Crippen molar-refractivity contribution in [1.29, 1.82) is 0 Å². The summed E-state index contributed by atoms with van der Waals surface area (Å²) < 4.78 is 0. The monoisotopic (exact) mass is 273 g/mol. The van der Waals surface area contributed by atoms with Crippen molar-refractivity contribution in [1.82, 2.24) is 9.97 Å². The van der Waals surface area contributed by atoms with E-state index in [1.807, 2.05) is 6.20 Å². The number of hydrogen-bond acceptors (Lipinski definition) is 2. The molecule has 0 aromatic carbocycles. The van der Waals surface area contributed by atoms with Crippen LogP contribution in [0.1, 0.15) is 69.4 Å². The quantitative estimate of drug-likeness (QED) is 0.881. The number of H-pyrrole nitrogens is 1. The molecule has 0 saturated heterocycles. The third kappa shape index (κ3) is 2.11. The lowest BCUT2D eigenvalue weighted by atomic mass is 9.48. The first kappa shape index (κ1) is 12.9. The summed E-state index contributed by atoms with van der Waals surface area (Å²) in [5.74, 6) is 4.04. The van der Waals surface area contributed by atoms with Crippen LogP contribution in [-0.4, -0.2) is 9.97 Å². The molecule has 4 bridgehead atoms. The van der Waals surface area contributed by atoms with E-state index in [9.17, 15) is 0 Å². The Hall–Kier alpha value is -0.830. The average Bonchev–Trinajstić information content (AvgIpc) is 2.85. The van der Waals surface area contributed by atoms with Gasteiger partial charge in [0.2, 0.25) is 0 Å². The standard InChI is InChI=1S/C17H27N3/c1-2-14-10-19-16(20-14)15(18)9-17-6-11-3-12(7-17)5-13(4-11)8-17/h10-13,15H,2-9,18H2,1H3,(H,19,20). The summed E-state index contributed by atoms with van der Waals surface area (Å²) in [5, 5.41) is 0. The van der Waals surface area contributed by atoms with Gasteiger partial charge in [0.1, 0.15) is 5.82 Å². The molecule has 3 heteroatoms. The van der Waals surface area contributed by atoms with Gasteiger partial charge < -0.3 is 10.7 Å². The van der Waals surface area contributed by atoms with E-state index in [-0.39, 0.29) is 6.04 Å². The fourth-order valence-corrected chi connectivity index (χ4v) is 5.85. The molecular formula is C17H27N3. The topological polar surface area (TPSA) is 54.7 Å². The number of aromatic nitrogens is 2. The SMILES string of the molecule is CCc1cnc(C(N)CC23CC4CC(CC(C4)C2)C3)[nH]1. The number of rotatable bonds is 4. The highest BCUT2D eigenvalue weighted by atomic mass is 15.0. The zero-order chi connectivity index (χ0) is 13.7. The van der Waals surface area contributed by atoms with Gasteiger partial charge in [-0.1, -0.05) is 6.92 Å². The summed E-state index contributed by atoms with van der Waals surface area (Å²) in [6.07, 6.45) is 13.0. The molecule has 0 radical (unpaired) electrons. The lowest BCUT2D eigenvalue weighted by Crippen LogP contribution is -2.47. The van der Waals surface area contributed by atoms with Crippen LogP contribution in [0.2, 0.25) is 0 Å². The minimum atomic E-state index is 0.103. The lowest BCUT2D eigenvalue weighted by molar-refractivity contribution is -0.0608. The van der Waals surface area contributed by atoms with E-state index in [0.717, 1.165) is 36.4 Å². The minimum absolute atomic E-state index is 0.103. The molecule has 0 spiro atoms. The second kappa shape index (κ2) is 4.59. The summed E-state index contributed by atoms with van der Waals surface area (Å²) in [6, 6.07) is 0.103. The fraction of sp³-hybridized carbons (Fsp3) is 0.824. The van der Waals surface area contributed by atoms with E-state index in [4.69, 9.17) is 5.73 Å². The summed E-state index contributed by atoms with van der Waals surface area (Å²) in [7, 11) is 0. The number of aromatic amines is 1. The fourth-order valence-electron chi connectivity index (χ4n) is 5.85. The first-order chi connectivity index (χ1) is 9.66. The Morgan fingerprint density at radius 1 is 1.25 bits per heavy atom. The molecule has 4 aliphatic carbocycles. The van der Waals surface area contributed by atoms with Crippen molar-refractivity contribution >= 4 is 0 Å². The largest absolute Gasteiger partial charge is 0.345 e. The zero-order valence-electron chi connectivity index (χ0n) is 12.6. The van der Waals surface area contributed by atoms with Gasteiger partial charge in [0.15, 0.2) is 0 Å². The van der Waals surface area contributed by atoms with E-state index in [0.29, 0.717) is 5.41 Å². The van der Waals surface area contributed by atoms with Crippen molar-refractivity contribution in [3.63, 3.8) is 0 Å². The zero-order valence-corrected chi connectivity index (χ0v) is 12.6. The minimum Gasteiger partial charge on any atom is -0.345 e. The molecule has 4 aliphatic rings. The summed E-state index contributed by atoms with van der Waals surface area (Å²) in [5.41, 5.74) is 8.25. The normalized spacial score (nSPS) is 40.2. The van der Waals surface area contributed by atoms with Crippen molar-refractivity contribution in [3.8, 4) is 0 Å². The predicted molar refractivity (Wildman–Crippen MR) is 80.1 cm³/mol. The maximum absolute atomic E-state index is 6.49. The molecule has 4 fully saturated rings. The summed E-state index contributed by atoms with van der Waals surface area (Å²) in [4.78, 5) is 7.91. The van der Waals surface area contributed by atoms with E-state index in [1.54, 1.807) is 0 Å². The van der Waals surface area contributed by atoms with Crippen molar-refractivity contribution in [2.24, 2.45) is 28.9 Å². The highest BCUT2D eigenvalue weighted by molar-refractivity contribution is 5.08. The van der Waals surface area contributed by atoms with Crippen LogP contribution in [0.3, 0.4) is 0 Å². The van der Waals surface area contributed by atoms with Gasteiger partial charge in [-0.3, -0.25) is 0 Å². The molecule has 4 saturated carbocycles. The van der Waals surface area contributed by atoms with Gasteiger partial charge in [-0.25, -0.2) is 4.98 Å². The molecule has 1 heterocycles. The van der Waals surface area contributed by atoms with Crippen molar-refractivity contribution in [3.05, 3.63) is 17.7 Å². The van der Waals surface area contributed by atoms with E-state index in [2.05, 4.69) is 16.9 Å². The highest BCUT2D eigenvalue weighted by Gasteiger charge is 2.51. The van der Waals surface area contributed by atoms with Crippen LogP contribution in [0.4, 0.5) is 0 Å². The molecule has 1 aromatic rings. The molecule has 0 amide bonds. The Labute approximate surface area is 121 Å². The molecule has 1 aromatic heterocycles. The molecule has 20 heavy (non-hydrogen) atoms. The molecule has 110 valence electrons. The Morgan fingerprint density at radius 3 is 2.35 bits per heavy atom. The van der Waals surface area contributed by atoms with Crippen LogP contribution in [0.15, 0.2) is 6.20 Å². The summed E-state index contributed by atoms with van der Waals surface area (Å²) in [6.45, 7) is 2.15. The Balaban J connectivity index is 1.50. The number of imidazole rings is 1. The highest BCUT2D eigenvalue weighted by Crippen LogP contribution is 2.62. The maximum Gasteiger partial charge on any atom is 0.123 e. The Bertz CT molecular complexity index is 455. The molecular weight excluding hydrogens is 246 g/mol. The van der Waals surface area contributed by atoms with Crippen LogP contribution >= 0.6 is 0 Å². The number of hydrogen-bond donors (Lipinski definition) is 2. The van der Waals surface area contributed by atoms with Crippen LogP contribution in [-0.2, 0) is 6.42 Å². The summed E-state index contributed by atoms with van der Waals surface area (Å²) >= 11 is 0. The van der Waals surface area contributed by atoms with Gasteiger partial charge in [0.25, 0.3) is 0 Å². The maximum atomic E-state index is 6.49. The third-order valence-corrected chi connectivity index (χ3v) is 6.20. The van der Waals surface area contributed by atoms with Gasteiger partial charge in [-0.05, 0) is 74.5 Å². The van der Waals surface area contributed by atoms with Crippen molar-refractivity contribution < 1.29 is 0 Å². The van der Waals surface area contributed by atoms with Gasteiger partial charge in [-0.2, -0.15) is 0 Å². The molecule has 3 nitrogen and oxygen atoms in total. The van der Waals surface area contributed by atoms with Gasteiger partial charge in [0, 0.05) is 11.9 Å². The number of nitrogens with zero attached hydrogens (tertiary/aromatic N) is 1. The average molecular weight is 273 g/mol. The van der Waals surface area contributed by atoms with Crippen LogP contribution in [0, 0.1) is 23.2 Å². The second-order valence-electron chi connectivity index (χ2n) is 7.88. The van der Waals surface area contributed by atoms with E-state index in [1.165, 1.54) is 44.2 Å². The molecule has 1 atom stereocenters. The van der Waals surface area contributed by atoms with Gasteiger partial charge in [-0.15, -0.1) is 0 Å². The third-order valence-electron chi connectivity index (χ3n) is 6.20. The molecule has 3 N–H and O–H groups in total. The van der Waals surface area contributed by atoms with E-state index < -0.39 is 0 Å². The second-order valence-corrected chi connectivity index (χ2v) is 7.88. The van der Waals surface area contributed by atoms with Gasteiger partial charge in [0.05, 0.1) is 6.04 Å². The van der Waals surface area contributed by atoms with E-state index >= 15 is 0 Å². The first-order valence-electron chi connectivity index (χ1n) is 8.45. The van der Waals surface area contributed by atoms with Crippen LogP contribution < -0.4 is 5.73 Å².